The number of pyridine rings is 1. The molecule has 0 N–H and O–H groups in total. The highest BCUT2D eigenvalue weighted by molar-refractivity contribution is 8.13. The van der Waals surface area contributed by atoms with Gasteiger partial charge in [0.05, 0.1) is 11.3 Å². The van der Waals surface area contributed by atoms with Crippen molar-refractivity contribution in [2.45, 2.75) is 4.90 Å². The second-order valence-electron chi connectivity index (χ2n) is 4.27. The zero-order valence-electron chi connectivity index (χ0n) is 11.2. The zero-order valence-corrected chi connectivity index (χ0v) is 12.0. The normalized spacial score (nSPS) is 9.85. The summed E-state index contributed by atoms with van der Waals surface area (Å²) < 4.78 is 0. The van der Waals surface area contributed by atoms with E-state index in [1.807, 2.05) is 24.3 Å². The topological polar surface area (TPSA) is 57.0 Å². The molecular formula is C15H13N3OS. The highest BCUT2D eigenvalue weighted by Crippen LogP contribution is 2.34. The molecule has 0 aliphatic carbocycles. The summed E-state index contributed by atoms with van der Waals surface area (Å²) in [5.74, 6) is 0. The molecule has 0 saturated carbocycles. The maximum atomic E-state index is 11.9. The molecule has 1 amide bonds. The van der Waals surface area contributed by atoms with E-state index in [0.29, 0.717) is 10.5 Å². The van der Waals surface area contributed by atoms with Crippen LogP contribution in [0.4, 0.5) is 4.79 Å². The van der Waals surface area contributed by atoms with Gasteiger partial charge in [0.25, 0.3) is 5.24 Å². The molecule has 4 nitrogen and oxygen atoms in total. The summed E-state index contributed by atoms with van der Waals surface area (Å²) in [5.41, 5.74) is 2.02. The van der Waals surface area contributed by atoms with Gasteiger partial charge < -0.3 is 4.90 Å². The van der Waals surface area contributed by atoms with Gasteiger partial charge in [-0.15, -0.1) is 0 Å². The van der Waals surface area contributed by atoms with Crippen molar-refractivity contribution < 1.29 is 4.79 Å². The zero-order chi connectivity index (χ0) is 14.5. The van der Waals surface area contributed by atoms with Gasteiger partial charge in [0, 0.05) is 30.8 Å². The van der Waals surface area contributed by atoms with Gasteiger partial charge in [-0.3, -0.25) is 9.78 Å². The Bertz CT molecular complexity index is 663. The first-order valence-corrected chi connectivity index (χ1v) is 6.79. The van der Waals surface area contributed by atoms with E-state index in [1.165, 1.54) is 4.90 Å². The van der Waals surface area contributed by atoms with Crippen molar-refractivity contribution >= 4 is 17.0 Å². The molecule has 0 aliphatic heterocycles. The Kier molecular flexibility index (Phi) is 4.38. The van der Waals surface area contributed by atoms with Crippen molar-refractivity contribution in [1.29, 1.82) is 5.26 Å². The summed E-state index contributed by atoms with van der Waals surface area (Å²) >= 11 is 1.05. The minimum Gasteiger partial charge on any atom is -0.339 e. The molecule has 2 aromatic rings. The smallest absolute Gasteiger partial charge is 0.285 e. The fourth-order valence-corrected chi connectivity index (χ4v) is 2.50. The summed E-state index contributed by atoms with van der Waals surface area (Å²) in [4.78, 5) is 18.3. The number of carbonyl (C=O) groups is 1. The van der Waals surface area contributed by atoms with Crippen molar-refractivity contribution in [3.8, 4) is 17.3 Å². The Hall–Kier alpha value is -2.32. The number of rotatable bonds is 2. The van der Waals surface area contributed by atoms with Crippen molar-refractivity contribution in [2.75, 3.05) is 14.1 Å². The third-order valence-corrected chi connectivity index (χ3v) is 3.81. The minimum absolute atomic E-state index is 0.120. The van der Waals surface area contributed by atoms with Gasteiger partial charge in [-0.2, -0.15) is 5.26 Å². The number of nitriles is 1. The van der Waals surface area contributed by atoms with Crippen molar-refractivity contribution in [1.82, 2.24) is 9.88 Å². The van der Waals surface area contributed by atoms with Gasteiger partial charge in [0.1, 0.15) is 6.07 Å². The van der Waals surface area contributed by atoms with E-state index in [9.17, 15) is 10.1 Å². The highest BCUT2D eigenvalue weighted by Gasteiger charge is 2.16. The quantitative estimate of drug-likeness (QED) is 0.793. The Morgan fingerprint density at radius 2 is 2.05 bits per heavy atom. The number of thioether (sulfide) groups is 1. The molecule has 20 heavy (non-hydrogen) atoms. The van der Waals surface area contributed by atoms with E-state index < -0.39 is 0 Å². The molecule has 0 unspecified atom stereocenters. The average molecular weight is 283 g/mol. The fourth-order valence-electron chi connectivity index (χ4n) is 1.64. The van der Waals surface area contributed by atoms with Gasteiger partial charge in [-0.25, -0.2) is 0 Å². The first-order valence-electron chi connectivity index (χ1n) is 5.97. The fraction of sp³-hybridized carbons (Fsp3) is 0.133. The Balaban J connectivity index is 2.53. The second-order valence-corrected chi connectivity index (χ2v) is 5.23. The number of hydrogen-bond acceptors (Lipinski definition) is 4. The lowest BCUT2D eigenvalue weighted by Gasteiger charge is -2.13. The maximum Gasteiger partial charge on any atom is 0.285 e. The molecule has 0 radical (unpaired) electrons. The average Bonchev–Trinajstić information content (AvgIpc) is 2.48. The highest BCUT2D eigenvalue weighted by atomic mass is 32.2. The lowest BCUT2D eigenvalue weighted by molar-refractivity contribution is 0.241. The summed E-state index contributed by atoms with van der Waals surface area (Å²) in [6.45, 7) is 0. The number of aromatic nitrogens is 1. The van der Waals surface area contributed by atoms with E-state index in [1.54, 1.807) is 32.4 Å². The van der Waals surface area contributed by atoms with Crippen LogP contribution in [0.5, 0.6) is 0 Å². The number of carbonyl (C=O) groups excluding carboxylic acids is 1. The van der Waals surface area contributed by atoms with Gasteiger partial charge in [-0.05, 0) is 30.0 Å². The molecule has 0 saturated heterocycles. The molecule has 0 spiro atoms. The van der Waals surface area contributed by atoms with Crippen molar-refractivity contribution in [3.05, 3.63) is 48.2 Å². The third-order valence-electron chi connectivity index (χ3n) is 2.63. The summed E-state index contributed by atoms with van der Waals surface area (Å²) in [5, 5.41) is 9.11. The van der Waals surface area contributed by atoms with Crippen molar-refractivity contribution in [2.24, 2.45) is 0 Å². The van der Waals surface area contributed by atoms with E-state index >= 15 is 0 Å². The summed E-state index contributed by atoms with van der Waals surface area (Å²) in [6, 6.07) is 13.1. The molecule has 0 bridgehead atoms. The Morgan fingerprint density at radius 1 is 1.25 bits per heavy atom. The molecule has 1 aromatic heterocycles. The van der Waals surface area contributed by atoms with E-state index in [-0.39, 0.29) is 5.24 Å². The van der Waals surface area contributed by atoms with Crippen molar-refractivity contribution in [3.63, 3.8) is 0 Å². The van der Waals surface area contributed by atoms with Gasteiger partial charge >= 0.3 is 0 Å². The Morgan fingerprint density at radius 3 is 2.65 bits per heavy atom. The largest absolute Gasteiger partial charge is 0.339 e. The third kappa shape index (κ3) is 2.98. The molecule has 1 heterocycles. The second kappa shape index (κ2) is 6.22. The molecule has 1 aromatic carbocycles. The lowest BCUT2D eigenvalue weighted by atomic mass is 10.1. The molecular weight excluding hydrogens is 270 g/mol. The van der Waals surface area contributed by atoms with E-state index in [4.69, 9.17) is 0 Å². The number of hydrogen-bond donors (Lipinski definition) is 0. The first-order chi connectivity index (χ1) is 9.63. The number of benzene rings is 1. The van der Waals surface area contributed by atoms with Gasteiger partial charge in [0.15, 0.2) is 0 Å². The van der Waals surface area contributed by atoms with Crippen LogP contribution >= 0.6 is 11.8 Å². The van der Waals surface area contributed by atoms with Crippen LogP contribution in [0.25, 0.3) is 11.3 Å². The molecule has 2 rings (SSSR count). The number of nitrogens with zero attached hydrogens (tertiary/aromatic N) is 3. The van der Waals surface area contributed by atoms with Gasteiger partial charge in [0.2, 0.25) is 0 Å². The van der Waals surface area contributed by atoms with Crippen LogP contribution in [-0.2, 0) is 0 Å². The van der Waals surface area contributed by atoms with Crippen LogP contribution in [-0.4, -0.2) is 29.2 Å². The first kappa shape index (κ1) is 14.1. The predicted octanol–water partition coefficient (Wildman–Crippen LogP) is 3.39. The van der Waals surface area contributed by atoms with Crippen LogP contribution in [0, 0.1) is 11.3 Å². The number of amides is 1. The van der Waals surface area contributed by atoms with E-state index in [2.05, 4.69) is 11.1 Å². The van der Waals surface area contributed by atoms with Crippen LogP contribution in [0.1, 0.15) is 5.56 Å². The molecule has 100 valence electrons. The SMILES string of the molecule is CN(C)C(=O)Sc1c(C#N)cccc1-c1ccccn1. The Labute approximate surface area is 122 Å². The lowest BCUT2D eigenvalue weighted by Crippen LogP contribution is -2.16. The van der Waals surface area contributed by atoms with Crippen LogP contribution < -0.4 is 0 Å². The van der Waals surface area contributed by atoms with Gasteiger partial charge in [-0.1, -0.05) is 18.2 Å². The maximum absolute atomic E-state index is 11.9. The molecule has 0 fully saturated rings. The monoisotopic (exact) mass is 283 g/mol. The standard InChI is InChI=1S/C15H13N3OS/c1-18(2)15(19)20-14-11(10-16)6-5-7-12(14)13-8-3-4-9-17-13/h3-9H,1-2H3. The molecule has 0 aliphatic rings. The van der Waals surface area contributed by atoms with E-state index in [0.717, 1.165) is 23.0 Å². The van der Waals surface area contributed by atoms with Crippen LogP contribution in [0.15, 0.2) is 47.5 Å². The molecule has 0 atom stereocenters. The molecule has 5 heteroatoms. The summed E-state index contributed by atoms with van der Waals surface area (Å²) in [7, 11) is 3.37. The van der Waals surface area contributed by atoms with Crippen LogP contribution in [0.2, 0.25) is 0 Å². The summed E-state index contributed by atoms with van der Waals surface area (Å²) in [6.07, 6.45) is 1.69. The predicted molar refractivity (Wildman–Crippen MR) is 79.3 cm³/mol. The minimum atomic E-state index is -0.120. The van der Waals surface area contributed by atoms with Crippen LogP contribution in [0.3, 0.4) is 0 Å².